The van der Waals surface area contributed by atoms with Crippen LogP contribution in [0.15, 0.2) is 78.9 Å². The van der Waals surface area contributed by atoms with Crippen molar-refractivity contribution in [2.45, 2.75) is 43.7 Å². The molecule has 0 aliphatic carbocycles. The molecule has 3 aromatic rings. The van der Waals surface area contributed by atoms with E-state index in [2.05, 4.69) is 10.6 Å². The van der Waals surface area contributed by atoms with Gasteiger partial charge in [-0.2, -0.15) is 13.2 Å². The zero-order valence-corrected chi connectivity index (χ0v) is 19.1. The van der Waals surface area contributed by atoms with E-state index in [0.29, 0.717) is 24.2 Å². The Labute approximate surface area is 202 Å². The molecule has 0 aromatic heterocycles. The van der Waals surface area contributed by atoms with Crippen molar-refractivity contribution in [2.75, 3.05) is 11.9 Å². The van der Waals surface area contributed by atoms with Crippen molar-refractivity contribution in [3.8, 4) is 0 Å². The summed E-state index contributed by atoms with van der Waals surface area (Å²) >= 11 is 0. The number of hydrogen-bond donors (Lipinski definition) is 2. The number of benzene rings is 3. The van der Waals surface area contributed by atoms with E-state index >= 15 is 0 Å². The summed E-state index contributed by atoms with van der Waals surface area (Å²) in [4.78, 5) is 12.4. The number of nitrogens with one attached hydrogen (secondary N) is 2. The third-order valence-corrected chi connectivity index (χ3v) is 6.87. The number of carbonyl (C=O) groups excluding carboxylic acids is 1. The van der Waals surface area contributed by atoms with Gasteiger partial charge in [0.05, 0.1) is 30.2 Å². The lowest BCUT2D eigenvalue weighted by molar-refractivity contribution is -0.138. The maximum Gasteiger partial charge on any atom is 0.416 e. The van der Waals surface area contributed by atoms with E-state index < -0.39 is 17.8 Å². The topological polar surface area (TPSA) is 50.4 Å². The molecule has 0 spiro atoms. The van der Waals surface area contributed by atoms with Crippen LogP contribution in [0.1, 0.15) is 47.2 Å². The van der Waals surface area contributed by atoms with Gasteiger partial charge >= 0.3 is 6.18 Å². The van der Waals surface area contributed by atoms with Crippen LogP contribution in [0, 0.1) is 5.92 Å². The van der Waals surface area contributed by atoms with Crippen LogP contribution in [-0.4, -0.2) is 18.6 Å². The molecule has 7 heteroatoms. The number of ether oxygens (including phenoxy) is 1. The van der Waals surface area contributed by atoms with Gasteiger partial charge in [-0.05, 0) is 42.2 Å². The van der Waals surface area contributed by atoms with Crippen LogP contribution >= 0.6 is 0 Å². The molecule has 0 saturated carbocycles. The average molecular weight is 481 g/mol. The number of carbonyl (C=O) groups is 1. The highest BCUT2D eigenvalue weighted by Gasteiger charge is 2.43. The molecule has 182 valence electrons. The van der Waals surface area contributed by atoms with Crippen molar-refractivity contribution in [3.63, 3.8) is 0 Å². The Kier molecular flexibility index (Phi) is 6.52. The number of rotatable bonds is 5. The molecule has 2 N–H and O–H groups in total. The summed E-state index contributed by atoms with van der Waals surface area (Å²) in [6.07, 6.45) is -3.44. The molecule has 4 nitrogen and oxygen atoms in total. The van der Waals surface area contributed by atoms with Gasteiger partial charge in [0.1, 0.15) is 0 Å². The van der Waals surface area contributed by atoms with Gasteiger partial charge in [-0.15, -0.1) is 0 Å². The highest BCUT2D eigenvalue weighted by atomic mass is 19.4. The van der Waals surface area contributed by atoms with Gasteiger partial charge < -0.3 is 15.4 Å². The Morgan fingerprint density at radius 1 is 0.971 bits per heavy atom. The fraction of sp³-hybridized carbons (Fsp3) is 0.321. The second kappa shape index (κ2) is 9.74. The van der Waals surface area contributed by atoms with Gasteiger partial charge in [0.15, 0.2) is 0 Å². The number of amides is 1. The first-order valence-corrected chi connectivity index (χ1v) is 11.9. The second-order valence-electron chi connectivity index (χ2n) is 9.22. The van der Waals surface area contributed by atoms with Crippen LogP contribution in [-0.2, 0) is 22.1 Å². The van der Waals surface area contributed by atoms with Crippen molar-refractivity contribution in [2.24, 2.45) is 5.92 Å². The zero-order chi connectivity index (χ0) is 24.4. The molecule has 0 radical (unpaired) electrons. The summed E-state index contributed by atoms with van der Waals surface area (Å²) in [7, 11) is 0. The molecule has 4 atom stereocenters. The molecule has 35 heavy (non-hydrogen) atoms. The monoisotopic (exact) mass is 480 g/mol. The maximum absolute atomic E-state index is 13.5. The van der Waals surface area contributed by atoms with Gasteiger partial charge in [0, 0.05) is 23.7 Å². The summed E-state index contributed by atoms with van der Waals surface area (Å²) in [5.74, 6) is -0.126. The second-order valence-corrected chi connectivity index (χ2v) is 9.22. The van der Waals surface area contributed by atoms with Gasteiger partial charge in [0.25, 0.3) is 0 Å². The van der Waals surface area contributed by atoms with Crippen molar-refractivity contribution in [1.82, 2.24) is 5.32 Å². The molecule has 1 amide bonds. The Morgan fingerprint density at radius 3 is 2.40 bits per heavy atom. The predicted octanol–water partition coefficient (Wildman–Crippen LogP) is 6.07. The van der Waals surface area contributed by atoms with E-state index in [-0.39, 0.29) is 30.4 Å². The highest BCUT2D eigenvalue weighted by molar-refractivity contribution is 5.78. The molecule has 0 unspecified atom stereocenters. The van der Waals surface area contributed by atoms with Crippen LogP contribution < -0.4 is 10.6 Å². The van der Waals surface area contributed by atoms with E-state index in [1.807, 2.05) is 60.7 Å². The summed E-state index contributed by atoms with van der Waals surface area (Å²) < 4.78 is 46.9. The highest BCUT2D eigenvalue weighted by Crippen LogP contribution is 2.51. The molecular formula is C28H27F3N2O2. The third-order valence-electron chi connectivity index (χ3n) is 6.87. The standard InChI is InChI=1S/C28H27F3N2O2/c29-28(30,31)20-11-14-24-23(16-20)27-22(26(33-24)19-9-5-2-6-10-19)13-12-21(35-27)17-32-25(34)15-18-7-3-1-4-8-18/h1-11,14,16,21-22,26-27,33H,12-13,15,17H2,(H,32,34)/t21-,22+,26+,27+/m1/s1. The van der Waals surface area contributed by atoms with Crippen LogP contribution in [0.5, 0.6) is 0 Å². The minimum Gasteiger partial charge on any atom is -0.378 e. The molecule has 2 heterocycles. The normalized spacial score (nSPS) is 23.5. The maximum atomic E-state index is 13.5. The first kappa shape index (κ1) is 23.4. The molecule has 2 aliphatic heterocycles. The van der Waals surface area contributed by atoms with Gasteiger partial charge in [-0.3, -0.25) is 4.79 Å². The lowest BCUT2D eigenvalue weighted by Crippen LogP contribution is -2.43. The quantitative estimate of drug-likeness (QED) is 0.466. The number of hydrogen-bond acceptors (Lipinski definition) is 3. The molecule has 1 fully saturated rings. The summed E-state index contributed by atoms with van der Waals surface area (Å²) in [5.41, 5.74) is 2.49. The first-order valence-electron chi connectivity index (χ1n) is 11.9. The van der Waals surface area contributed by atoms with E-state index in [1.165, 1.54) is 12.1 Å². The van der Waals surface area contributed by atoms with Crippen LogP contribution in [0.25, 0.3) is 0 Å². The number of halogens is 3. The first-order chi connectivity index (χ1) is 16.9. The zero-order valence-electron chi connectivity index (χ0n) is 19.1. The predicted molar refractivity (Wildman–Crippen MR) is 128 cm³/mol. The van der Waals surface area contributed by atoms with E-state index in [0.717, 1.165) is 23.6 Å². The molecule has 3 aromatic carbocycles. The fourth-order valence-electron chi connectivity index (χ4n) is 5.14. The van der Waals surface area contributed by atoms with Crippen molar-refractivity contribution in [1.29, 1.82) is 0 Å². The fourth-order valence-corrected chi connectivity index (χ4v) is 5.14. The minimum atomic E-state index is -4.43. The average Bonchev–Trinajstić information content (AvgIpc) is 2.87. The number of alkyl halides is 3. The summed E-state index contributed by atoms with van der Waals surface area (Å²) in [6.45, 7) is 0.326. The Morgan fingerprint density at radius 2 is 1.69 bits per heavy atom. The van der Waals surface area contributed by atoms with E-state index in [9.17, 15) is 18.0 Å². The number of fused-ring (bicyclic) bond motifs is 3. The molecule has 5 rings (SSSR count). The van der Waals surface area contributed by atoms with Gasteiger partial charge in [0.2, 0.25) is 5.91 Å². The molecule has 0 bridgehead atoms. The summed E-state index contributed by atoms with van der Waals surface area (Å²) in [6, 6.07) is 23.1. The van der Waals surface area contributed by atoms with Crippen molar-refractivity contribution >= 4 is 11.6 Å². The Balaban J connectivity index is 1.35. The third kappa shape index (κ3) is 5.20. The van der Waals surface area contributed by atoms with E-state index in [1.54, 1.807) is 0 Å². The van der Waals surface area contributed by atoms with Crippen molar-refractivity contribution < 1.29 is 22.7 Å². The van der Waals surface area contributed by atoms with Crippen LogP contribution in [0.2, 0.25) is 0 Å². The largest absolute Gasteiger partial charge is 0.416 e. The van der Waals surface area contributed by atoms with Crippen molar-refractivity contribution in [3.05, 3.63) is 101 Å². The molecule has 1 saturated heterocycles. The SMILES string of the molecule is O=C(Cc1ccccc1)NC[C@H]1CC[C@@H]2[C@H](O1)c1cc(C(F)(F)F)ccc1N[C@H]2c1ccccc1. The van der Waals surface area contributed by atoms with Crippen LogP contribution in [0.4, 0.5) is 18.9 Å². The molecular weight excluding hydrogens is 453 g/mol. The Bertz CT molecular complexity index is 1170. The van der Waals surface area contributed by atoms with E-state index in [4.69, 9.17) is 4.74 Å². The number of anilines is 1. The van der Waals surface area contributed by atoms with Gasteiger partial charge in [-0.1, -0.05) is 60.7 Å². The lowest BCUT2D eigenvalue weighted by atomic mass is 9.76. The molecule has 2 aliphatic rings. The smallest absolute Gasteiger partial charge is 0.378 e. The van der Waals surface area contributed by atoms with Crippen LogP contribution in [0.3, 0.4) is 0 Å². The summed E-state index contributed by atoms with van der Waals surface area (Å²) in [5, 5.41) is 6.41. The lowest BCUT2D eigenvalue weighted by Gasteiger charge is -2.46. The van der Waals surface area contributed by atoms with Gasteiger partial charge in [-0.25, -0.2) is 0 Å². The minimum absolute atomic E-state index is 0.0235. The Hall–Kier alpha value is -3.32.